The average Bonchev–Trinajstić information content (AvgIpc) is 2.10. The second kappa shape index (κ2) is 3.99. The third-order valence-corrected chi connectivity index (χ3v) is 2.62. The first-order valence-electron chi connectivity index (χ1n) is 4.67. The van der Waals surface area contributed by atoms with E-state index in [1.165, 1.54) is 12.1 Å². The summed E-state index contributed by atoms with van der Waals surface area (Å²) in [5.41, 5.74) is 6.35. The minimum absolute atomic E-state index is 0.00954. The van der Waals surface area contributed by atoms with Crippen LogP contribution < -0.4 is 5.73 Å². The second-order valence-electron chi connectivity index (χ2n) is 4.68. The summed E-state index contributed by atoms with van der Waals surface area (Å²) in [6.45, 7) is 5.86. The molecule has 0 aliphatic carbocycles. The minimum atomic E-state index is -0.739. The van der Waals surface area contributed by atoms with Crippen molar-refractivity contribution >= 4 is 11.6 Å². The van der Waals surface area contributed by atoms with E-state index in [1.807, 2.05) is 20.8 Å². The molecule has 0 spiro atoms. The molecule has 0 saturated carbocycles. The number of nitrogens with two attached hydrogens (primary N) is 1. The summed E-state index contributed by atoms with van der Waals surface area (Å²) < 4.78 is 13.2. The van der Waals surface area contributed by atoms with E-state index in [1.54, 1.807) is 0 Å². The van der Waals surface area contributed by atoms with Gasteiger partial charge in [0.25, 0.3) is 0 Å². The van der Waals surface area contributed by atoms with Gasteiger partial charge in [-0.15, -0.1) is 0 Å². The maximum atomic E-state index is 13.2. The molecule has 0 amide bonds. The van der Waals surface area contributed by atoms with Crippen molar-refractivity contribution in [3.8, 4) is 5.75 Å². The molecule has 2 nitrogen and oxygen atoms in total. The van der Waals surface area contributed by atoms with Gasteiger partial charge in [0.2, 0.25) is 0 Å². The summed E-state index contributed by atoms with van der Waals surface area (Å²) in [7, 11) is 0. The van der Waals surface area contributed by atoms with E-state index in [0.717, 1.165) is 0 Å². The maximum absolute atomic E-state index is 13.2. The van der Waals surface area contributed by atoms with Crippen molar-refractivity contribution in [3.05, 3.63) is 28.5 Å². The number of rotatable bonds is 1. The van der Waals surface area contributed by atoms with E-state index in [0.29, 0.717) is 5.56 Å². The average molecular weight is 232 g/mol. The molecule has 0 aliphatic heterocycles. The molecule has 84 valence electrons. The number of phenolic OH excluding ortho intramolecular Hbond substituents is 1. The molecule has 0 saturated heterocycles. The summed E-state index contributed by atoms with van der Waals surface area (Å²) in [4.78, 5) is 0. The van der Waals surface area contributed by atoms with E-state index in [9.17, 15) is 4.39 Å². The molecule has 1 aromatic rings. The van der Waals surface area contributed by atoms with Gasteiger partial charge in [-0.05, 0) is 23.1 Å². The fourth-order valence-electron chi connectivity index (χ4n) is 1.26. The van der Waals surface area contributed by atoms with Crippen LogP contribution >= 0.6 is 11.6 Å². The molecule has 0 heterocycles. The van der Waals surface area contributed by atoms with Crippen LogP contribution in [0.15, 0.2) is 12.1 Å². The predicted molar refractivity (Wildman–Crippen MR) is 59.5 cm³/mol. The first-order chi connectivity index (χ1) is 6.73. The smallest absolute Gasteiger partial charge is 0.170 e. The predicted octanol–water partition coefficient (Wildman–Crippen LogP) is 3.23. The Bertz CT molecular complexity index is 350. The highest BCUT2D eigenvalue weighted by Crippen LogP contribution is 2.35. The number of aromatic hydroxyl groups is 1. The number of hydrogen-bond acceptors (Lipinski definition) is 2. The van der Waals surface area contributed by atoms with E-state index >= 15 is 0 Å². The summed E-state index contributed by atoms with van der Waals surface area (Å²) in [5, 5.41) is 9.16. The molecule has 0 aliphatic rings. The number of hydrogen-bond donors (Lipinski definition) is 2. The Morgan fingerprint density at radius 3 is 2.33 bits per heavy atom. The Hall–Kier alpha value is -0.800. The van der Waals surface area contributed by atoms with Crippen LogP contribution in [0.4, 0.5) is 4.39 Å². The van der Waals surface area contributed by atoms with Crippen molar-refractivity contribution < 1.29 is 9.50 Å². The van der Waals surface area contributed by atoms with Crippen LogP contribution in [0.1, 0.15) is 32.4 Å². The Morgan fingerprint density at radius 1 is 1.40 bits per heavy atom. The van der Waals surface area contributed by atoms with Crippen molar-refractivity contribution in [2.75, 3.05) is 0 Å². The minimum Gasteiger partial charge on any atom is -0.504 e. The monoisotopic (exact) mass is 231 g/mol. The maximum Gasteiger partial charge on any atom is 0.170 e. The Balaban J connectivity index is 3.17. The van der Waals surface area contributed by atoms with Crippen LogP contribution in [0, 0.1) is 11.2 Å². The van der Waals surface area contributed by atoms with Crippen LogP contribution in [0.2, 0.25) is 5.02 Å². The van der Waals surface area contributed by atoms with E-state index in [2.05, 4.69) is 0 Å². The molecule has 4 heteroatoms. The van der Waals surface area contributed by atoms with E-state index in [4.69, 9.17) is 22.4 Å². The Kier molecular flexibility index (Phi) is 3.26. The molecule has 1 atom stereocenters. The molecule has 1 rings (SSSR count). The Morgan fingerprint density at radius 2 is 1.93 bits per heavy atom. The van der Waals surface area contributed by atoms with Gasteiger partial charge in [0.1, 0.15) is 0 Å². The van der Waals surface area contributed by atoms with Gasteiger partial charge in [-0.1, -0.05) is 32.4 Å². The zero-order valence-corrected chi connectivity index (χ0v) is 9.77. The Labute approximate surface area is 93.9 Å². The number of benzene rings is 1. The van der Waals surface area contributed by atoms with Crippen molar-refractivity contribution in [3.63, 3.8) is 0 Å². The summed E-state index contributed by atoms with van der Waals surface area (Å²) in [6, 6.07) is 2.39. The van der Waals surface area contributed by atoms with Gasteiger partial charge in [0.15, 0.2) is 11.6 Å². The highest BCUT2D eigenvalue weighted by molar-refractivity contribution is 6.32. The largest absolute Gasteiger partial charge is 0.504 e. The van der Waals surface area contributed by atoms with Crippen LogP contribution in [-0.4, -0.2) is 5.11 Å². The standard InChI is InChI=1S/C11H15ClFNO/c1-11(2,3)10(14)6-4-7(12)9(15)8(13)5-6/h4-5,10,15H,14H2,1-3H3. The van der Waals surface area contributed by atoms with Gasteiger partial charge in [-0.25, -0.2) is 4.39 Å². The fraction of sp³-hybridized carbons (Fsp3) is 0.455. The van der Waals surface area contributed by atoms with Crippen LogP contribution in [0.3, 0.4) is 0 Å². The van der Waals surface area contributed by atoms with Crippen molar-refractivity contribution in [2.24, 2.45) is 11.1 Å². The van der Waals surface area contributed by atoms with Gasteiger partial charge in [0, 0.05) is 6.04 Å². The van der Waals surface area contributed by atoms with Gasteiger partial charge in [0.05, 0.1) is 5.02 Å². The lowest BCUT2D eigenvalue weighted by molar-refractivity contribution is 0.325. The lowest BCUT2D eigenvalue weighted by Gasteiger charge is -2.27. The topological polar surface area (TPSA) is 46.2 Å². The fourth-order valence-corrected chi connectivity index (χ4v) is 1.48. The van der Waals surface area contributed by atoms with Gasteiger partial charge < -0.3 is 10.8 Å². The van der Waals surface area contributed by atoms with Gasteiger partial charge in [-0.3, -0.25) is 0 Å². The third kappa shape index (κ3) is 2.61. The van der Waals surface area contributed by atoms with E-state index < -0.39 is 11.6 Å². The zero-order chi connectivity index (χ0) is 11.8. The third-order valence-electron chi connectivity index (χ3n) is 2.33. The zero-order valence-electron chi connectivity index (χ0n) is 9.01. The molecule has 0 fully saturated rings. The second-order valence-corrected chi connectivity index (χ2v) is 5.08. The van der Waals surface area contributed by atoms with Crippen LogP contribution in [0.25, 0.3) is 0 Å². The quantitative estimate of drug-likeness (QED) is 0.780. The molecule has 0 aromatic heterocycles. The number of halogens is 2. The lowest BCUT2D eigenvalue weighted by atomic mass is 9.83. The molecule has 0 radical (unpaired) electrons. The normalized spacial score (nSPS) is 14.0. The van der Waals surface area contributed by atoms with Gasteiger partial charge in [-0.2, -0.15) is 0 Å². The SMILES string of the molecule is CC(C)(C)C(N)c1cc(F)c(O)c(Cl)c1. The van der Waals surface area contributed by atoms with Crippen LogP contribution in [0.5, 0.6) is 5.75 Å². The lowest BCUT2D eigenvalue weighted by Crippen LogP contribution is -2.26. The molecule has 3 N–H and O–H groups in total. The highest BCUT2D eigenvalue weighted by Gasteiger charge is 2.24. The summed E-state index contributed by atoms with van der Waals surface area (Å²) >= 11 is 5.67. The van der Waals surface area contributed by atoms with Crippen molar-refractivity contribution in [1.29, 1.82) is 0 Å². The highest BCUT2D eigenvalue weighted by atomic mass is 35.5. The van der Waals surface area contributed by atoms with Crippen LogP contribution in [-0.2, 0) is 0 Å². The molecule has 0 bridgehead atoms. The molecular weight excluding hydrogens is 217 g/mol. The summed E-state index contributed by atoms with van der Waals surface area (Å²) in [6.07, 6.45) is 0. The van der Waals surface area contributed by atoms with E-state index in [-0.39, 0.29) is 16.5 Å². The van der Waals surface area contributed by atoms with Crippen molar-refractivity contribution in [1.82, 2.24) is 0 Å². The van der Waals surface area contributed by atoms with Gasteiger partial charge >= 0.3 is 0 Å². The molecular formula is C11H15ClFNO. The summed E-state index contributed by atoms with van der Waals surface area (Å²) in [5.74, 6) is -1.27. The first-order valence-corrected chi connectivity index (χ1v) is 5.04. The molecule has 1 unspecified atom stereocenters. The molecule has 1 aromatic carbocycles. The molecule has 15 heavy (non-hydrogen) atoms. The first kappa shape index (κ1) is 12.3. The number of phenols is 1. The van der Waals surface area contributed by atoms with Crippen molar-refractivity contribution in [2.45, 2.75) is 26.8 Å².